The largest absolute Gasteiger partial charge is 0.382 e. The van der Waals surface area contributed by atoms with E-state index in [-0.39, 0.29) is 0 Å². The van der Waals surface area contributed by atoms with Crippen molar-refractivity contribution in [3.8, 4) is 0 Å². The molecule has 0 bridgehead atoms. The fourth-order valence-corrected chi connectivity index (χ4v) is 1.10. The second kappa shape index (κ2) is 9.96. The number of nitrogens with one attached hydrogen (secondary N) is 2. The van der Waals surface area contributed by atoms with Crippen LogP contribution >= 0.6 is 0 Å². The molecule has 0 aromatic carbocycles. The van der Waals surface area contributed by atoms with Gasteiger partial charge in [0.25, 0.3) is 0 Å². The zero-order chi connectivity index (χ0) is 9.94. The van der Waals surface area contributed by atoms with Gasteiger partial charge in [0.05, 0.1) is 0 Å². The van der Waals surface area contributed by atoms with Crippen LogP contribution in [-0.2, 0) is 4.74 Å². The maximum absolute atomic E-state index is 5.24. The standard InChI is InChI=1S/C10H24N2O/c1-4-11-9-10(3)12-7-6-8-13-5-2/h10-12H,4-9H2,1-3H3. The predicted octanol–water partition coefficient (Wildman–Crippen LogP) is 1.00. The van der Waals surface area contributed by atoms with Crippen molar-refractivity contribution in [1.82, 2.24) is 10.6 Å². The Morgan fingerprint density at radius 2 is 2.08 bits per heavy atom. The molecule has 0 fully saturated rings. The number of likely N-dealkylation sites (N-methyl/N-ethyl adjacent to an activating group) is 1. The maximum Gasteiger partial charge on any atom is 0.0477 e. The summed E-state index contributed by atoms with van der Waals surface area (Å²) < 4.78 is 5.24. The minimum Gasteiger partial charge on any atom is -0.382 e. The minimum atomic E-state index is 0.557. The highest BCUT2D eigenvalue weighted by molar-refractivity contribution is 4.62. The van der Waals surface area contributed by atoms with Gasteiger partial charge in [0.1, 0.15) is 0 Å². The van der Waals surface area contributed by atoms with Gasteiger partial charge < -0.3 is 15.4 Å². The van der Waals surface area contributed by atoms with Gasteiger partial charge in [-0.15, -0.1) is 0 Å². The monoisotopic (exact) mass is 188 g/mol. The Balaban J connectivity index is 3.03. The zero-order valence-electron chi connectivity index (χ0n) is 9.23. The van der Waals surface area contributed by atoms with Gasteiger partial charge in [-0.25, -0.2) is 0 Å². The summed E-state index contributed by atoms with van der Waals surface area (Å²) in [5.41, 5.74) is 0. The number of hydrogen-bond acceptors (Lipinski definition) is 3. The molecule has 80 valence electrons. The second-order valence-corrected chi connectivity index (χ2v) is 3.21. The number of rotatable bonds is 9. The summed E-state index contributed by atoms with van der Waals surface area (Å²) in [6, 6.07) is 0.557. The first-order valence-electron chi connectivity index (χ1n) is 5.33. The van der Waals surface area contributed by atoms with Crippen LogP contribution < -0.4 is 10.6 Å². The van der Waals surface area contributed by atoms with Gasteiger partial charge >= 0.3 is 0 Å². The first-order chi connectivity index (χ1) is 6.31. The summed E-state index contributed by atoms with van der Waals surface area (Å²) in [5.74, 6) is 0. The topological polar surface area (TPSA) is 33.3 Å². The van der Waals surface area contributed by atoms with E-state index in [1.807, 2.05) is 6.92 Å². The Hall–Kier alpha value is -0.120. The lowest BCUT2D eigenvalue weighted by atomic mass is 10.3. The van der Waals surface area contributed by atoms with Gasteiger partial charge in [-0.1, -0.05) is 6.92 Å². The highest BCUT2D eigenvalue weighted by Gasteiger charge is 1.97. The Morgan fingerprint density at radius 1 is 1.31 bits per heavy atom. The Bertz CT molecular complexity index is 98.9. The molecule has 3 nitrogen and oxygen atoms in total. The van der Waals surface area contributed by atoms with Gasteiger partial charge in [0.15, 0.2) is 0 Å². The number of ether oxygens (including phenoxy) is 1. The summed E-state index contributed by atoms with van der Waals surface area (Å²) in [6.45, 7) is 11.2. The van der Waals surface area contributed by atoms with Crippen molar-refractivity contribution in [2.45, 2.75) is 33.2 Å². The molecule has 2 N–H and O–H groups in total. The molecule has 0 saturated heterocycles. The third kappa shape index (κ3) is 9.80. The van der Waals surface area contributed by atoms with E-state index in [1.165, 1.54) is 0 Å². The van der Waals surface area contributed by atoms with E-state index >= 15 is 0 Å². The predicted molar refractivity (Wildman–Crippen MR) is 57.1 cm³/mol. The molecular weight excluding hydrogens is 164 g/mol. The lowest BCUT2D eigenvalue weighted by Crippen LogP contribution is -2.36. The van der Waals surface area contributed by atoms with E-state index in [0.29, 0.717) is 6.04 Å². The van der Waals surface area contributed by atoms with Crippen molar-refractivity contribution in [1.29, 1.82) is 0 Å². The van der Waals surface area contributed by atoms with Crippen LogP contribution in [0.5, 0.6) is 0 Å². The van der Waals surface area contributed by atoms with Crippen LogP contribution in [0.1, 0.15) is 27.2 Å². The van der Waals surface area contributed by atoms with E-state index < -0.39 is 0 Å². The van der Waals surface area contributed by atoms with Crippen molar-refractivity contribution in [2.75, 3.05) is 32.8 Å². The second-order valence-electron chi connectivity index (χ2n) is 3.21. The van der Waals surface area contributed by atoms with Crippen LogP contribution in [0.25, 0.3) is 0 Å². The average molecular weight is 188 g/mol. The summed E-state index contributed by atoms with van der Waals surface area (Å²) in [7, 11) is 0. The molecule has 1 atom stereocenters. The lowest BCUT2D eigenvalue weighted by Gasteiger charge is -2.13. The van der Waals surface area contributed by atoms with Crippen LogP contribution in [0.3, 0.4) is 0 Å². The minimum absolute atomic E-state index is 0.557. The van der Waals surface area contributed by atoms with E-state index in [1.54, 1.807) is 0 Å². The number of hydrogen-bond donors (Lipinski definition) is 2. The molecule has 0 aliphatic rings. The molecule has 0 aliphatic carbocycles. The molecule has 0 aromatic heterocycles. The van der Waals surface area contributed by atoms with Crippen molar-refractivity contribution >= 4 is 0 Å². The summed E-state index contributed by atoms with van der Waals surface area (Å²) >= 11 is 0. The summed E-state index contributed by atoms with van der Waals surface area (Å²) in [4.78, 5) is 0. The van der Waals surface area contributed by atoms with Crippen molar-refractivity contribution in [2.24, 2.45) is 0 Å². The molecule has 13 heavy (non-hydrogen) atoms. The van der Waals surface area contributed by atoms with Gasteiger partial charge in [-0.2, -0.15) is 0 Å². The summed E-state index contributed by atoms with van der Waals surface area (Å²) in [5, 5.41) is 6.74. The van der Waals surface area contributed by atoms with E-state index in [4.69, 9.17) is 4.74 Å². The smallest absolute Gasteiger partial charge is 0.0477 e. The Morgan fingerprint density at radius 3 is 2.69 bits per heavy atom. The highest BCUT2D eigenvalue weighted by atomic mass is 16.5. The Kier molecular flexibility index (Phi) is 9.87. The molecule has 0 aromatic rings. The van der Waals surface area contributed by atoms with Gasteiger partial charge in [-0.05, 0) is 33.4 Å². The third-order valence-corrected chi connectivity index (χ3v) is 1.86. The first kappa shape index (κ1) is 12.9. The first-order valence-corrected chi connectivity index (χ1v) is 5.33. The van der Waals surface area contributed by atoms with E-state index in [9.17, 15) is 0 Å². The van der Waals surface area contributed by atoms with Crippen LogP contribution in [0.4, 0.5) is 0 Å². The molecular formula is C10H24N2O. The van der Waals surface area contributed by atoms with Crippen molar-refractivity contribution in [3.63, 3.8) is 0 Å². The molecule has 0 saturated carbocycles. The highest BCUT2D eigenvalue weighted by Crippen LogP contribution is 1.83. The molecule has 3 heteroatoms. The van der Waals surface area contributed by atoms with Gasteiger partial charge in [-0.3, -0.25) is 0 Å². The molecule has 0 amide bonds. The molecule has 0 heterocycles. The average Bonchev–Trinajstić information content (AvgIpc) is 2.14. The Labute approximate surface area is 82.2 Å². The normalized spacial score (nSPS) is 13.2. The zero-order valence-corrected chi connectivity index (χ0v) is 9.23. The molecule has 0 radical (unpaired) electrons. The van der Waals surface area contributed by atoms with Crippen molar-refractivity contribution in [3.05, 3.63) is 0 Å². The fraction of sp³-hybridized carbons (Fsp3) is 1.00. The van der Waals surface area contributed by atoms with Crippen LogP contribution in [0.2, 0.25) is 0 Å². The summed E-state index contributed by atoms with van der Waals surface area (Å²) in [6.07, 6.45) is 1.10. The van der Waals surface area contributed by atoms with E-state index in [0.717, 1.165) is 39.3 Å². The molecule has 1 unspecified atom stereocenters. The van der Waals surface area contributed by atoms with Gasteiger partial charge in [0, 0.05) is 25.8 Å². The van der Waals surface area contributed by atoms with Crippen molar-refractivity contribution < 1.29 is 4.74 Å². The van der Waals surface area contributed by atoms with Crippen LogP contribution in [0, 0.1) is 0 Å². The fourth-order valence-electron chi connectivity index (χ4n) is 1.10. The van der Waals surface area contributed by atoms with E-state index in [2.05, 4.69) is 24.5 Å². The van der Waals surface area contributed by atoms with Crippen LogP contribution in [0.15, 0.2) is 0 Å². The molecule has 0 rings (SSSR count). The maximum atomic E-state index is 5.24. The SMILES string of the molecule is CCNCC(C)NCCCOCC. The van der Waals surface area contributed by atoms with Gasteiger partial charge in [0.2, 0.25) is 0 Å². The van der Waals surface area contributed by atoms with Crippen LogP contribution in [-0.4, -0.2) is 38.9 Å². The quantitative estimate of drug-likeness (QED) is 0.530. The molecule has 0 aliphatic heterocycles. The molecule has 0 spiro atoms. The lowest BCUT2D eigenvalue weighted by molar-refractivity contribution is 0.144. The third-order valence-electron chi connectivity index (χ3n) is 1.86.